The van der Waals surface area contributed by atoms with E-state index in [0.29, 0.717) is 23.4 Å². The van der Waals surface area contributed by atoms with E-state index in [-0.39, 0.29) is 13.2 Å². The van der Waals surface area contributed by atoms with Gasteiger partial charge in [0.2, 0.25) is 0 Å². The molecule has 0 aliphatic carbocycles. The van der Waals surface area contributed by atoms with E-state index in [1.54, 1.807) is 14.0 Å². The van der Waals surface area contributed by atoms with Gasteiger partial charge in [0.05, 0.1) is 36.9 Å². The van der Waals surface area contributed by atoms with E-state index < -0.39 is 47.4 Å². The zero-order valence-corrected chi connectivity index (χ0v) is 27.9. The second-order valence-electron chi connectivity index (χ2n) is 14.1. The number of amides is 1. The molecule has 2 atom stereocenters. The topological polar surface area (TPSA) is 66.5 Å². The second kappa shape index (κ2) is 12.1. The average Bonchev–Trinajstić information content (AvgIpc) is 3.37. The van der Waals surface area contributed by atoms with Gasteiger partial charge in [-0.15, -0.1) is 0 Å². The number of rotatable bonds is 8. The number of nitrogens with zero attached hydrogens (tertiary/aromatic N) is 1. The van der Waals surface area contributed by atoms with Crippen molar-refractivity contribution in [2.24, 2.45) is 0 Å². The third-order valence-electron chi connectivity index (χ3n) is 9.10. The summed E-state index contributed by atoms with van der Waals surface area (Å²) in [4.78, 5) is 14.9. The first-order valence-electron chi connectivity index (χ1n) is 15.5. The monoisotopic (exact) mass is 617 g/mol. The molecule has 2 aliphatic rings. The minimum absolute atomic E-state index is 0.115. The van der Waals surface area contributed by atoms with Gasteiger partial charge >= 0.3 is 13.2 Å². The average molecular weight is 618 g/mol. The summed E-state index contributed by atoms with van der Waals surface area (Å²) < 4.78 is 47.9. The molecule has 7 nitrogen and oxygen atoms in total. The van der Waals surface area contributed by atoms with E-state index in [2.05, 4.69) is 0 Å². The van der Waals surface area contributed by atoms with Gasteiger partial charge < -0.3 is 28.4 Å². The number of carbonyl (C=O) groups is 1. The van der Waals surface area contributed by atoms with Crippen LogP contribution in [0.1, 0.15) is 76.6 Å². The number of benzene rings is 3. The summed E-state index contributed by atoms with van der Waals surface area (Å²) in [5.74, 6) is -0.527. The lowest BCUT2D eigenvalue weighted by molar-refractivity contribution is -0.0200. The standard InChI is InChI=1S/C36H45BFNO6/c1-24-28(38)20-29-30(31(24)37-44-34(5,6)35(7,8)45-37)27(22-41-21-25-16-12-10-13-17-25)36(42-29,26-18-14-11-15-19-26)23-39(9)32(40)43-33(2,3)4/h10-20,27H,21-23H2,1-9H3/t27-,36+/m0/s1. The Hall–Kier alpha value is -3.40. The summed E-state index contributed by atoms with van der Waals surface area (Å²) in [6.07, 6.45) is -0.491. The second-order valence-corrected chi connectivity index (χ2v) is 14.1. The Balaban J connectivity index is 1.65. The minimum atomic E-state index is -1.15. The highest BCUT2D eigenvalue weighted by Crippen LogP contribution is 2.52. The van der Waals surface area contributed by atoms with Crippen LogP contribution in [0.25, 0.3) is 0 Å². The highest BCUT2D eigenvalue weighted by atomic mass is 19.1. The lowest BCUT2D eigenvalue weighted by atomic mass is 9.67. The number of hydrogen-bond acceptors (Lipinski definition) is 6. The number of ether oxygens (including phenoxy) is 3. The van der Waals surface area contributed by atoms with Crippen LogP contribution in [0.2, 0.25) is 0 Å². The highest BCUT2D eigenvalue weighted by molar-refractivity contribution is 6.63. The van der Waals surface area contributed by atoms with Gasteiger partial charge in [-0.1, -0.05) is 60.7 Å². The van der Waals surface area contributed by atoms with Crippen molar-refractivity contribution in [3.05, 3.63) is 94.8 Å². The molecule has 2 aliphatic heterocycles. The van der Waals surface area contributed by atoms with Crippen LogP contribution in [-0.4, -0.2) is 55.1 Å². The van der Waals surface area contributed by atoms with Crippen LogP contribution >= 0.6 is 0 Å². The maximum atomic E-state index is 15.8. The Morgan fingerprint density at radius 1 is 0.978 bits per heavy atom. The van der Waals surface area contributed by atoms with Gasteiger partial charge in [0.25, 0.3) is 0 Å². The zero-order chi connectivity index (χ0) is 32.8. The smallest absolute Gasteiger partial charge is 0.480 e. The molecule has 3 aromatic rings. The molecule has 1 saturated heterocycles. The Kier molecular flexibility index (Phi) is 8.86. The molecule has 45 heavy (non-hydrogen) atoms. The molecule has 0 radical (unpaired) electrons. The van der Waals surface area contributed by atoms with Crippen molar-refractivity contribution in [1.29, 1.82) is 0 Å². The first-order chi connectivity index (χ1) is 21.0. The lowest BCUT2D eigenvalue weighted by Crippen LogP contribution is -2.50. The summed E-state index contributed by atoms with van der Waals surface area (Å²) in [5, 5.41) is 0. The van der Waals surface area contributed by atoms with Crippen molar-refractivity contribution in [3.8, 4) is 5.75 Å². The van der Waals surface area contributed by atoms with E-state index in [0.717, 1.165) is 16.7 Å². The highest BCUT2D eigenvalue weighted by Gasteiger charge is 2.58. The van der Waals surface area contributed by atoms with E-state index in [9.17, 15) is 4.79 Å². The van der Waals surface area contributed by atoms with E-state index in [4.69, 9.17) is 23.5 Å². The number of likely N-dealkylation sites (N-methyl/N-ethyl adjacent to an activating group) is 1. The molecule has 5 rings (SSSR count). The summed E-state index contributed by atoms with van der Waals surface area (Å²) in [7, 11) is 0.850. The van der Waals surface area contributed by atoms with Gasteiger partial charge in [-0.25, -0.2) is 9.18 Å². The lowest BCUT2D eigenvalue weighted by Gasteiger charge is -2.38. The number of fused-ring (bicyclic) bond motifs is 1. The van der Waals surface area contributed by atoms with Crippen LogP contribution in [0.3, 0.4) is 0 Å². The predicted octanol–water partition coefficient (Wildman–Crippen LogP) is 6.89. The van der Waals surface area contributed by atoms with Crippen LogP contribution in [0, 0.1) is 12.7 Å². The Bertz CT molecular complexity index is 1510. The van der Waals surface area contributed by atoms with Gasteiger partial charge in [-0.3, -0.25) is 0 Å². The van der Waals surface area contributed by atoms with Crippen molar-refractivity contribution in [1.82, 2.24) is 4.90 Å². The fraction of sp³-hybridized carbons (Fsp3) is 0.472. The van der Waals surface area contributed by atoms with Crippen molar-refractivity contribution in [2.45, 2.75) is 90.3 Å². The third kappa shape index (κ3) is 6.48. The summed E-state index contributed by atoms with van der Waals surface area (Å²) in [6.45, 7) is 15.8. The maximum Gasteiger partial charge on any atom is 0.495 e. The van der Waals surface area contributed by atoms with Gasteiger partial charge in [-0.2, -0.15) is 0 Å². The quantitative estimate of drug-likeness (QED) is 0.257. The van der Waals surface area contributed by atoms with Gasteiger partial charge in [0, 0.05) is 18.7 Å². The summed E-state index contributed by atoms with van der Waals surface area (Å²) in [5.41, 5.74) is 0.491. The number of halogens is 1. The molecular formula is C36H45BFNO6. The van der Waals surface area contributed by atoms with E-state index >= 15 is 4.39 Å². The molecule has 3 aromatic carbocycles. The molecule has 0 unspecified atom stereocenters. The SMILES string of the molecule is Cc1c(F)cc2c(c1B1OC(C)(C)C(C)(C)O1)[C@H](COCc1ccccc1)[C@@](CN(C)C(=O)OC(C)(C)C)(c1ccccc1)O2. The van der Waals surface area contributed by atoms with Crippen LogP contribution in [0.5, 0.6) is 5.75 Å². The van der Waals surface area contributed by atoms with Crippen LogP contribution < -0.4 is 10.2 Å². The normalized spacial score (nSPS) is 21.7. The molecule has 0 bridgehead atoms. The largest absolute Gasteiger partial charge is 0.495 e. The molecule has 1 fully saturated rings. The Morgan fingerprint density at radius 2 is 1.56 bits per heavy atom. The third-order valence-corrected chi connectivity index (χ3v) is 9.10. The van der Waals surface area contributed by atoms with Crippen LogP contribution in [-0.2, 0) is 31.0 Å². The zero-order valence-electron chi connectivity index (χ0n) is 27.9. The number of carbonyl (C=O) groups excluding carboxylic acids is 1. The van der Waals surface area contributed by atoms with Crippen molar-refractivity contribution >= 4 is 18.7 Å². The van der Waals surface area contributed by atoms with Crippen molar-refractivity contribution in [2.75, 3.05) is 20.2 Å². The van der Waals surface area contributed by atoms with Crippen LogP contribution in [0.15, 0.2) is 66.7 Å². The molecule has 0 N–H and O–H groups in total. The van der Waals surface area contributed by atoms with E-state index in [1.807, 2.05) is 109 Å². The predicted molar refractivity (Wildman–Crippen MR) is 173 cm³/mol. The van der Waals surface area contributed by atoms with Crippen LogP contribution in [0.4, 0.5) is 9.18 Å². The molecule has 0 aromatic heterocycles. The first-order valence-corrected chi connectivity index (χ1v) is 15.5. The molecule has 0 spiro atoms. The molecule has 1 amide bonds. The molecule has 240 valence electrons. The van der Waals surface area contributed by atoms with Crippen molar-refractivity contribution < 1.29 is 32.7 Å². The molecular weight excluding hydrogens is 572 g/mol. The minimum Gasteiger partial charge on any atom is -0.480 e. The first kappa shape index (κ1) is 33.0. The van der Waals surface area contributed by atoms with E-state index in [1.165, 1.54) is 11.0 Å². The Labute approximate surface area is 267 Å². The number of hydrogen-bond donors (Lipinski definition) is 0. The molecule has 0 saturated carbocycles. The van der Waals surface area contributed by atoms with Gasteiger partial charge in [-0.05, 0) is 77.5 Å². The molecule has 9 heteroatoms. The molecule has 2 heterocycles. The fourth-order valence-electron chi connectivity index (χ4n) is 6.03. The fourth-order valence-corrected chi connectivity index (χ4v) is 6.03. The van der Waals surface area contributed by atoms with Gasteiger partial charge in [0.1, 0.15) is 17.2 Å². The summed E-state index contributed by atoms with van der Waals surface area (Å²) in [6, 6.07) is 21.1. The Morgan fingerprint density at radius 3 is 2.13 bits per heavy atom. The maximum absolute atomic E-state index is 15.8. The van der Waals surface area contributed by atoms with Gasteiger partial charge in [0.15, 0.2) is 5.60 Å². The summed E-state index contributed by atoms with van der Waals surface area (Å²) >= 11 is 0. The van der Waals surface area contributed by atoms with Crippen molar-refractivity contribution in [3.63, 3.8) is 0 Å².